The SMILES string of the molecule is CCNC(=O)c1ccc(N2CCC(C)(C(=O)O)CC2)nn1. The van der Waals surface area contributed by atoms with Gasteiger partial charge in [0.2, 0.25) is 0 Å². The second-order valence-electron chi connectivity index (χ2n) is 5.49. The molecule has 21 heavy (non-hydrogen) atoms. The molecule has 0 aliphatic carbocycles. The predicted molar refractivity (Wildman–Crippen MR) is 77.2 cm³/mol. The van der Waals surface area contributed by atoms with Crippen LogP contribution in [0.5, 0.6) is 0 Å². The summed E-state index contributed by atoms with van der Waals surface area (Å²) in [4.78, 5) is 24.8. The lowest BCUT2D eigenvalue weighted by molar-refractivity contribution is -0.149. The second kappa shape index (κ2) is 6.07. The van der Waals surface area contributed by atoms with Crippen molar-refractivity contribution < 1.29 is 14.7 Å². The molecule has 1 fully saturated rings. The van der Waals surface area contributed by atoms with E-state index in [1.54, 1.807) is 19.1 Å². The molecule has 7 heteroatoms. The molecule has 1 aliphatic rings. The Morgan fingerprint density at radius 3 is 2.48 bits per heavy atom. The molecular formula is C14H20N4O3. The van der Waals surface area contributed by atoms with Crippen LogP contribution in [0, 0.1) is 5.41 Å². The van der Waals surface area contributed by atoms with Crippen molar-refractivity contribution in [3.63, 3.8) is 0 Å². The highest BCUT2D eigenvalue weighted by atomic mass is 16.4. The Morgan fingerprint density at radius 2 is 2.00 bits per heavy atom. The Labute approximate surface area is 123 Å². The lowest BCUT2D eigenvalue weighted by atomic mass is 9.80. The zero-order valence-corrected chi connectivity index (χ0v) is 12.3. The monoisotopic (exact) mass is 292 g/mol. The number of carbonyl (C=O) groups excluding carboxylic acids is 1. The molecule has 2 rings (SSSR count). The molecule has 0 bridgehead atoms. The van der Waals surface area contributed by atoms with Crippen LogP contribution >= 0.6 is 0 Å². The van der Waals surface area contributed by atoms with Gasteiger partial charge in [-0.05, 0) is 38.8 Å². The number of hydrogen-bond acceptors (Lipinski definition) is 5. The Kier molecular flexibility index (Phi) is 4.40. The molecule has 1 aromatic rings. The minimum absolute atomic E-state index is 0.242. The van der Waals surface area contributed by atoms with E-state index in [2.05, 4.69) is 15.5 Å². The maximum absolute atomic E-state index is 11.6. The Balaban J connectivity index is 2.01. The Morgan fingerprint density at radius 1 is 1.33 bits per heavy atom. The molecule has 2 heterocycles. The van der Waals surface area contributed by atoms with E-state index in [0.717, 1.165) is 0 Å². The smallest absolute Gasteiger partial charge is 0.309 e. The number of carboxylic acid groups (broad SMARTS) is 1. The van der Waals surface area contributed by atoms with Gasteiger partial charge in [0.25, 0.3) is 5.91 Å². The number of anilines is 1. The molecule has 0 unspecified atom stereocenters. The van der Waals surface area contributed by atoms with Crippen molar-refractivity contribution >= 4 is 17.7 Å². The highest BCUT2D eigenvalue weighted by Crippen LogP contribution is 2.32. The first kappa shape index (κ1) is 15.2. The Bertz CT molecular complexity index is 522. The standard InChI is InChI=1S/C14H20N4O3/c1-3-15-12(19)10-4-5-11(17-16-10)18-8-6-14(2,7-9-18)13(20)21/h4-5H,3,6-9H2,1-2H3,(H,15,19)(H,20,21). The second-order valence-corrected chi connectivity index (χ2v) is 5.49. The lowest BCUT2D eigenvalue weighted by Crippen LogP contribution is -2.43. The number of aliphatic carboxylic acids is 1. The van der Waals surface area contributed by atoms with Crippen LogP contribution in [0.3, 0.4) is 0 Å². The summed E-state index contributed by atoms with van der Waals surface area (Å²) in [5, 5.41) is 19.9. The van der Waals surface area contributed by atoms with Gasteiger partial charge in [-0.3, -0.25) is 9.59 Å². The number of hydrogen-bond donors (Lipinski definition) is 2. The number of piperidine rings is 1. The summed E-state index contributed by atoms with van der Waals surface area (Å²) in [5.74, 6) is -0.316. The van der Waals surface area contributed by atoms with Gasteiger partial charge in [0.1, 0.15) is 0 Å². The minimum Gasteiger partial charge on any atom is -0.481 e. The maximum Gasteiger partial charge on any atom is 0.309 e. The van der Waals surface area contributed by atoms with Gasteiger partial charge in [-0.2, -0.15) is 0 Å². The van der Waals surface area contributed by atoms with E-state index in [1.807, 2.05) is 11.8 Å². The molecule has 2 N–H and O–H groups in total. The van der Waals surface area contributed by atoms with Gasteiger partial charge in [-0.1, -0.05) is 0 Å². The molecule has 1 aliphatic heterocycles. The van der Waals surface area contributed by atoms with E-state index >= 15 is 0 Å². The van der Waals surface area contributed by atoms with Crippen LogP contribution in [-0.2, 0) is 4.79 Å². The molecule has 1 aromatic heterocycles. The lowest BCUT2D eigenvalue weighted by Gasteiger charge is -2.36. The van der Waals surface area contributed by atoms with Gasteiger partial charge in [0.15, 0.2) is 11.5 Å². The normalized spacial score (nSPS) is 17.3. The summed E-state index contributed by atoms with van der Waals surface area (Å²) in [5.41, 5.74) is -0.377. The van der Waals surface area contributed by atoms with E-state index in [9.17, 15) is 14.7 Å². The van der Waals surface area contributed by atoms with Gasteiger partial charge < -0.3 is 15.3 Å². The number of aromatic nitrogens is 2. The quantitative estimate of drug-likeness (QED) is 0.856. The highest BCUT2D eigenvalue weighted by Gasteiger charge is 2.37. The van der Waals surface area contributed by atoms with Crippen molar-refractivity contribution in [1.82, 2.24) is 15.5 Å². The molecule has 0 saturated carbocycles. The van der Waals surface area contributed by atoms with Crippen molar-refractivity contribution in [3.05, 3.63) is 17.8 Å². The fourth-order valence-electron chi connectivity index (χ4n) is 2.31. The number of carboxylic acids is 1. The first-order valence-electron chi connectivity index (χ1n) is 7.06. The molecule has 0 atom stereocenters. The molecule has 114 valence electrons. The zero-order valence-electron chi connectivity index (χ0n) is 12.3. The van der Waals surface area contributed by atoms with Crippen molar-refractivity contribution in [3.8, 4) is 0 Å². The van der Waals surface area contributed by atoms with Crippen molar-refractivity contribution in [2.45, 2.75) is 26.7 Å². The fourth-order valence-corrected chi connectivity index (χ4v) is 2.31. The molecule has 1 saturated heterocycles. The zero-order chi connectivity index (χ0) is 15.5. The van der Waals surface area contributed by atoms with Crippen LogP contribution in [0.2, 0.25) is 0 Å². The number of nitrogens with zero attached hydrogens (tertiary/aromatic N) is 3. The topological polar surface area (TPSA) is 95.4 Å². The average molecular weight is 292 g/mol. The summed E-state index contributed by atoms with van der Waals surface area (Å²) in [7, 11) is 0. The van der Waals surface area contributed by atoms with Crippen molar-refractivity contribution in [1.29, 1.82) is 0 Å². The first-order chi connectivity index (χ1) is 9.96. The van der Waals surface area contributed by atoms with Gasteiger partial charge in [0.05, 0.1) is 5.41 Å². The number of carbonyl (C=O) groups is 2. The molecule has 0 spiro atoms. The van der Waals surface area contributed by atoms with Crippen molar-refractivity contribution in [2.24, 2.45) is 5.41 Å². The van der Waals surface area contributed by atoms with E-state index < -0.39 is 11.4 Å². The van der Waals surface area contributed by atoms with E-state index in [-0.39, 0.29) is 11.6 Å². The van der Waals surface area contributed by atoms with Crippen LogP contribution in [-0.4, -0.2) is 46.8 Å². The molecular weight excluding hydrogens is 272 g/mol. The third-order valence-electron chi connectivity index (χ3n) is 3.93. The van der Waals surface area contributed by atoms with E-state index in [0.29, 0.717) is 38.3 Å². The summed E-state index contributed by atoms with van der Waals surface area (Å²) < 4.78 is 0. The van der Waals surface area contributed by atoms with Crippen molar-refractivity contribution in [2.75, 3.05) is 24.5 Å². The van der Waals surface area contributed by atoms with Gasteiger partial charge in [-0.15, -0.1) is 10.2 Å². The summed E-state index contributed by atoms with van der Waals surface area (Å²) in [6.07, 6.45) is 1.14. The molecule has 1 amide bonds. The molecule has 0 radical (unpaired) electrons. The third-order valence-corrected chi connectivity index (χ3v) is 3.93. The van der Waals surface area contributed by atoms with E-state index in [4.69, 9.17) is 0 Å². The first-order valence-corrected chi connectivity index (χ1v) is 7.06. The van der Waals surface area contributed by atoms with Gasteiger partial charge in [-0.25, -0.2) is 0 Å². The van der Waals surface area contributed by atoms with Crippen LogP contribution in [0.25, 0.3) is 0 Å². The Hall–Kier alpha value is -2.18. The van der Waals surface area contributed by atoms with Crippen LogP contribution in [0.15, 0.2) is 12.1 Å². The van der Waals surface area contributed by atoms with E-state index in [1.165, 1.54) is 0 Å². The minimum atomic E-state index is -0.750. The number of rotatable bonds is 4. The molecule has 7 nitrogen and oxygen atoms in total. The average Bonchev–Trinajstić information content (AvgIpc) is 2.48. The van der Waals surface area contributed by atoms with Gasteiger partial charge >= 0.3 is 5.97 Å². The molecule has 0 aromatic carbocycles. The van der Waals surface area contributed by atoms with Crippen LogP contribution < -0.4 is 10.2 Å². The predicted octanol–water partition coefficient (Wildman–Crippen LogP) is 0.917. The number of amides is 1. The van der Waals surface area contributed by atoms with Gasteiger partial charge in [0, 0.05) is 19.6 Å². The fraction of sp³-hybridized carbons (Fsp3) is 0.571. The highest BCUT2D eigenvalue weighted by molar-refractivity contribution is 5.92. The summed E-state index contributed by atoms with van der Waals surface area (Å²) in [6, 6.07) is 3.39. The number of nitrogens with one attached hydrogen (secondary N) is 1. The largest absolute Gasteiger partial charge is 0.481 e. The summed E-state index contributed by atoms with van der Waals surface area (Å²) in [6.45, 7) is 5.40. The van der Waals surface area contributed by atoms with Crippen LogP contribution in [0.4, 0.5) is 5.82 Å². The third kappa shape index (κ3) is 3.29. The maximum atomic E-state index is 11.6. The van der Waals surface area contributed by atoms with Crippen LogP contribution in [0.1, 0.15) is 37.2 Å². The summed E-state index contributed by atoms with van der Waals surface area (Å²) >= 11 is 0.